The minimum absolute atomic E-state index is 0.524. The number of H-pyrrole nitrogens is 1. The SMILES string of the molecule is COCCC1(CNCc2cnc[nH]2)CC1. The van der Waals surface area contributed by atoms with Crippen molar-refractivity contribution in [2.24, 2.45) is 5.41 Å². The Labute approximate surface area is 90.4 Å². The highest BCUT2D eigenvalue weighted by molar-refractivity contribution is 4.97. The summed E-state index contributed by atoms with van der Waals surface area (Å²) in [5, 5.41) is 3.47. The lowest BCUT2D eigenvalue weighted by Crippen LogP contribution is -2.24. The Kier molecular flexibility index (Phi) is 3.38. The Balaban J connectivity index is 1.65. The fourth-order valence-electron chi connectivity index (χ4n) is 1.85. The molecule has 0 bridgehead atoms. The maximum Gasteiger partial charge on any atom is 0.0922 e. The summed E-state index contributed by atoms with van der Waals surface area (Å²) >= 11 is 0. The lowest BCUT2D eigenvalue weighted by molar-refractivity contribution is 0.171. The van der Waals surface area contributed by atoms with Crippen molar-refractivity contribution in [2.75, 3.05) is 20.3 Å². The molecule has 2 rings (SSSR count). The van der Waals surface area contributed by atoms with Crippen LogP contribution in [0, 0.1) is 5.41 Å². The van der Waals surface area contributed by atoms with Gasteiger partial charge in [-0.05, 0) is 24.7 Å². The van der Waals surface area contributed by atoms with Crippen LogP contribution in [0.4, 0.5) is 0 Å². The number of hydrogen-bond donors (Lipinski definition) is 2. The summed E-state index contributed by atoms with van der Waals surface area (Å²) in [4.78, 5) is 7.08. The fraction of sp³-hybridized carbons (Fsp3) is 0.727. The van der Waals surface area contributed by atoms with Gasteiger partial charge in [-0.1, -0.05) is 0 Å². The Morgan fingerprint density at radius 1 is 1.60 bits per heavy atom. The van der Waals surface area contributed by atoms with Crippen molar-refractivity contribution in [3.8, 4) is 0 Å². The van der Waals surface area contributed by atoms with E-state index in [2.05, 4.69) is 15.3 Å². The molecule has 0 amide bonds. The molecular weight excluding hydrogens is 190 g/mol. The first-order valence-electron chi connectivity index (χ1n) is 5.52. The van der Waals surface area contributed by atoms with E-state index < -0.39 is 0 Å². The predicted molar refractivity (Wildman–Crippen MR) is 58.5 cm³/mol. The van der Waals surface area contributed by atoms with Gasteiger partial charge in [0.05, 0.1) is 6.33 Å². The quantitative estimate of drug-likeness (QED) is 0.712. The highest BCUT2D eigenvalue weighted by Crippen LogP contribution is 2.48. The maximum atomic E-state index is 5.13. The number of nitrogens with zero attached hydrogens (tertiary/aromatic N) is 1. The second-order valence-corrected chi connectivity index (χ2v) is 4.42. The van der Waals surface area contributed by atoms with E-state index in [1.807, 2.05) is 6.20 Å². The van der Waals surface area contributed by atoms with Crippen LogP contribution in [0.5, 0.6) is 0 Å². The summed E-state index contributed by atoms with van der Waals surface area (Å²) in [6.45, 7) is 2.86. The molecule has 1 aliphatic carbocycles. The Morgan fingerprint density at radius 2 is 2.47 bits per heavy atom. The van der Waals surface area contributed by atoms with Gasteiger partial charge >= 0.3 is 0 Å². The van der Waals surface area contributed by atoms with Gasteiger partial charge in [0, 0.05) is 38.7 Å². The van der Waals surface area contributed by atoms with Crippen molar-refractivity contribution >= 4 is 0 Å². The summed E-state index contributed by atoms with van der Waals surface area (Å²) in [7, 11) is 1.77. The van der Waals surface area contributed by atoms with Crippen LogP contribution in [0.15, 0.2) is 12.5 Å². The van der Waals surface area contributed by atoms with Gasteiger partial charge < -0.3 is 15.0 Å². The van der Waals surface area contributed by atoms with E-state index in [0.717, 1.165) is 25.4 Å². The number of imidazole rings is 1. The average Bonchev–Trinajstić information content (AvgIpc) is 2.81. The van der Waals surface area contributed by atoms with Crippen LogP contribution in [0.25, 0.3) is 0 Å². The normalized spacial score (nSPS) is 17.9. The number of rotatable bonds is 7. The molecule has 0 radical (unpaired) electrons. The van der Waals surface area contributed by atoms with Gasteiger partial charge in [0.15, 0.2) is 0 Å². The van der Waals surface area contributed by atoms with Gasteiger partial charge in [-0.25, -0.2) is 4.98 Å². The number of hydrogen-bond acceptors (Lipinski definition) is 3. The smallest absolute Gasteiger partial charge is 0.0922 e. The van der Waals surface area contributed by atoms with Gasteiger partial charge in [0.1, 0.15) is 0 Å². The largest absolute Gasteiger partial charge is 0.385 e. The molecule has 0 saturated heterocycles. The van der Waals surface area contributed by atoms with Crippen molar-refractivity contribution in [3.05, 3.63) is 18.2 Å². The van der Waals surface area contributed by atoms with E-state index in [4.69, 9.17) is 4.74 Å². The number of ether oxygens (including phenoxy) is 1. The average molecular weight is 209 g/mol. The minimum atomic E-state index is 0.524. The van der Waals surface area contributed by atoms with E-state index in [1.165, 1.54) is 19.3 Å². The van der Waals surface area contributed by atoms with Crippen molar-refractivity contribution in [3.63, 3.8) is 0 Å². The number of aromatic nitrogens is 2. The van der Waals surface area contributed by atoms with Gasteiger partial charge in [-0.2, -0.15) is 0 Å². The molecule has 4 heteroatoms. The highest BCUT2D eigenvalue weighted by Gasteiger charge is 2.41. The van der Waals surface area contributed by atoms with Crippen LogP contribution in [0.3, 0.4) is 0 Å². The van der Waals surface area contributed by atoms with Gasteiger partial charge in [0.25, 0.3) is 0 Å². The molecular formula is C11H19N3O. The van der Waals surface area contributed by atoms with Gasteiger partial charge in [-0.15, -0.1) is 0 Å². The molecule has 1 aromatic heterocycles. The van der Waals surface area contributed by atoms with Crippen molar-refractivity contribution in [1.29, 1.82) is 0 Å². The molecule has 0 spiro atoms. The zero-order chi connectivity index (χ0) is 10.6. The summed E-state index contributed by atoms with van der Waals surface area (Å²) in [5.41, 5.74) is 1.67. The lowest BCUT2D eigenvalue weighted by Gasteiger charge is -2.14. The maximum absolute atomic E-state index is 5.13. The van der Waals surface area contributed by atoms with E-state index in [-0.39, 0.29) is 0 Å². The molecule has 84 valence electrons. The summed E-state index contributed by atoms with van der Waals surface area (Å²) < 4.78 is 5.13. The molecule has 15 heavy (non-hydrogen) atoms. The number of methoxy groups -OCH3 is 1. The standard InChI is InChI=1S/C11H19N3O/c1-15-5-4-11(2-3-11)8-12-6-10-7-13-9-14-10/h7,9,12H,2-6,8H2,1H3,(H,13,14). The van der Waals surface area contributed by atoms with Crippen molar-refractivity contribution in [2.45, 2.75) is 25.8 Å². The van der Waals surface area contributed by atoms with Gasteiger partial charge in [-0.3, -0.25) is 0 Å². The third kappa shape index (κ3) is 3.04. The van der Waals surface area contributed by atoms with Crippen LogP contribution in [0.2, 0.25) is 0 Å². The Bertz CT molecular complexity index is 280. The van der Waals surface area contributed by atoms with E-state index in [9.17, 15) is 0 Å². The number of nitrogens with one attached hydrogen (secondary N) is 2. The molecule has 0 atom stereocenters. The molecule has 1 fully saturated rings. The zero-order valence-electron chi connectivity index (χ0n) is 9.25. The third-order valence-electron chi connectivity index (χ3n) is 3.16. The Hall–Kier alpha value is -0.870. The molecule has 2 N–H and O–H groups in total. The fourth-order valence-corrected chi connectivity index (χ4v) is 1.85. The Morgan fingerprint density at radius 3 is 3.07 bits per heavy atom. The van der Waals surface area contributed by atoms with Gasteiger partial charge in [0.2, 0.25) is 0 Å². The van der Waals surface area contributed by atoms with E-state index >= 15 is 0 Å². The van der Waals surface area contributed by atoms with Crippen LogP contribution in [-0.4, -0.2) is 30.2 Å². The first kappa shape index (κ1) is 10.6. The molecule has 1 aliphatic rings. The van der Waals surface area contributed by atoms with Crippen LogP contribution in [-0.2, 0) is 11.3 Å². The van der Waals surface area contributed by atoms with Crippen LogP contribution < -0.4 is 5.32 Å². The molecule has 1 saturated carbocycles. The number of aromatic amines is 1. The first-order chi connectivity index (χ1) is 7.35. The summed E-state index contributed by atoms with van der Waals surface area (Å²) in [6.07, 6.45) is 7.44. The lowest BCUT2D eigenvalue weighted by atomic mass is 10.0. The second-order valence-electron chi connectivity index (χ2n) is 4.42. The minimum Gasteiger partial charge on any atom is -0.385 e. The molecule has 4 nitrogen and oxygen atoms in total. The van der Waals surface area contributed by atoms with E-state index in [0.29, 0.717) is 5.41 Å². The van der Waals surface area contributed by atoms with Crippen LogP contribution in [0.1, 0.15) is 25.0 Å². The third-order valence-corrected chi connectivity index (χ3v) is 3.16. The first-order valence-corrected chi connectivity index (χ1v) is 5.52. The summed E-state index contributed by atoms with van der Waals surface area (Å²) in [6, 6.07) is 0. The molecule has 1 heterocycles. The summed E-state index contributed by atoms with van der Waals surface area (Å²) in [5.74, 6) is 0. The highest BCUT2D eigenvalue weighted by atomic mass is 16.5. The molecule has 0 aliphatic heterocycles. The van der Waals surface area contributed by atoms with E-state index in [1.54, 1.807) is 13.4 Å². The predicted octanol–water partition coefficient (Wildman–Crippen LogP) is 1.32. The van der Waals surface area contributed by atoms with Crippen molar-refractivity contribution in [1.82, 2.24) is 15.3 Å². The van der Waals surface area contributed by atoms with Crippen LogP contribution >= 0.6 is 0 Å². The topological polar surface area (TPSA) is 49.9 Å². The second kappa shape index (κ2) is 4.77. The molecule has 0 unspecified atom stereocenters. The molecule has 0 aromatic carbocycles. The van der Waals surface area contributed by atoms with Crippen molar-refractivity contribution < 1.29 is 4.74 Å². The monoisotopic (exact) mass is 209 g/mol. The zero-order valence-corrected chi connectivity index (χ0v) is 9.25. The molecule has 1 aromatic rings.